The molecular formula is C25H25F2IN4O4. The molecule has 0 spiro atoms. The van der Waals surface area contributed by atoms with E-state index in [1.807, 2.05) is 31.2 Å². The first kappa shape index (κ1) is 25.9. The summed E-state index contributed by atoms with van der Waals surface area (Å²) < 4.78 is 37.3. The second-order valence-electron chi connectivity index (χ2n) is 8.23. The molecule has 4 aromatic rings. The van der Waals surface area contributed by atoms with Crippen molar-refractivity contribution >= 4 is 36.4 Å². The Morgan fingerprint density at radius 3 is 2.47 bits per heavy atom. The molecule has 36 heavy (non-hydrogen) atoms. The maximum absolute atomic E-state index is 14.2. The van der Waals surface area contributed by atoms with Crippen LogP contribution in [0.5, 0.6) is 5.75 Å². The van der Waals surface area contributed by atoms with E-state index in [9.17, 15) is 23.5 Å². The number of aliphatic hydroxyl groups is 1. The van der Waals surface area contributed by atoms with Crippen LogP contribution in [0.15, 0.2) is 58.1 Å². The highest BCUT2D eigenvalue weighted by Gasteiger charge is 2.30. The summed E-state index contributed by atoms with van der Waals surface area (Å²) in [6, 6.07) is 13.9. The highest BCUT2D eigenvalue weighted by Crippen LogP contribution is 2.37. The van der Waals surface area contributed by atoms with Gasteiger partial charge in [-0.25, -0.2) is 9.78 Å². The van der Waals surface area contributed by atoms with Gasteiger partial charge in [0.2, 0.25) is 0 Å². The van der Waals surface area contributed by atoms with Crippen LogP contribution < -0.4 is 16.0 Å². The Kier molecular flexibility index (Phi) is 7.50. The number of rotatable bonds is 9. The zero-order valence-electron chi connectivity index (χ0n) is 19.7. The van der Waals surface area contributed by atoms with Gasteiger partial charge in [0, 0.05) is 47.5 Å². The summed E-state index contributed by atoms with van der Waals surface area (Å²) in [6.45, 7) is 2.00. The van der Waals surface area contributed by atoms with E-state index in [1.165, 1.54) is 17.7 Å². The van der Waals surface area contributed by atoms with Gasteiger partial charge >= 0.3 is 9.81 Å². The average molecular weight is 610 g/mol. The summed E-state index contributed by atoms with van der Waals surface area (Å²) in [5, 5.41) is 9.24. The van der Waals surface area contributed by atoms with Crippen LogP contribution in [0.4, 0.5) is 8.78 Å². The predicted octanol–water partition coefficient (Wildman–Crippen LogP) is 3.63. The number of aromatic nitrogens is 4. The van der Waals surface area contributed by atoms with Gasteiger partial charge in [-0.05, 0) is 31.0 Å². The summed E-state index contributed by atoms with van der Waals surface area (Å²) in [5.74, 6) is 0.114. The molecule has 1 N–H and O–H groups in total. The van der Waals surface area contributed by atoms with Crippen molar-refractivity contribution in [3.8, 4) is 17.1 Å². The highest BCUT2D eigenvalue weighted by molar-refractivity contribution is 14.2. The topological polar surface area (TPSA) is 91.3 Å². The molecule has 0 aliphatic heterocycles. The van der Waals surface area contributed by atoms with Gasteiger partial charge in [0.05, 0.1) is 5.56 Å². The van der Waals surface area contributed by atoms with Crippen molar-refractivity contribution in [2.24, 2.45) is 7.05 Å². The number of aliphatic hydroxyl groups excluding tert-OH is 1. The molecule has 0 unspecified atom stereocenters. The molecule has 8 nitrogen and oxygen atoms in total. The highest BCUT2D eigenvalue weighted by atomic mass is 127. The number of halogens is 3. The summed E-state index contributed by atoms with van der Waals surface area (Å²) in [6.07, 6.45) is 0.222. The molecule has 2 aromatic carbocycles. The van der Waals surface area contributed by atoms with E-state index >= 15 is 0 Å². The zero-order valence-corrected chi connectivity index (χ0v) is 21.9. The number of fused-ring (bicyclic) bond motifs is 1. The number of hydrogen-bond donors (Lipinski definition) is 1. The van der Waals surface area contributed by atoms with Crippen LogP contribution in [0.25, 0.3) is 22.6 Å². The maximum Gasteiger partial charge on any atom is 0.445 e. The first-order chi connectivity index (χ1) is 17.2. The van der Waals surface area contributed by atoms with E-state index in [1.54, 1.807) is 22.8 Å². The number of imidazole rings is 1. The first-order valence-corrected chi connectivity index (χ1v) is 13.7. The summed E-state index contributed by atoms with van der Waals surface area (Å²) >= 11 is -1.80. The van der Waals surface area contributed by atoms with Crippen molar-refractivity contribution in [1.29, 1.82) is 0 Å². The molecule has 0 aliphatic carbocycles. The van der Waals surface area contributed by atoms with E-state index in [4.69, 9.17) is 4.74 Å². The smallest absolute Gasteiger partial charge is 0.424 e. The van der Waals surface area contributed by atoms with Gasteiger partial charge in [0.1, 0.15) is 11.6 Å². The number of hydrogen-bond acceptors (Lipinski definition) is 5. The first-order valence-electron chi connectivity index (χ1n) is 11.1. The molecular weight excluding hydrogens is 585 g/mol. The molecule has 0 saturated heterocycles. The van der Waals surface area contributed by atoms with E-state index in [0.29, 0.717) is 0 Å². The Hall–Kier alpha value is -3.19. The molecule has 0 fully saturated rings. The van der Waals surface area contributed by atoms with Crippen LogP contribution in [-0.2, 0) is 20.1 Å². The Bertz CT molecular complexity index is 1540. The van der Waals surface area contributed by atoms with E-state index in [0.717, 1.165) is 15.7 Å². The van der Waals surface area contributed by atoms with Gasteiger partial charge in [0.25, 0.3) is 5.56 Å². The van der Waals surface area contributed by atoms with Gasteiger partial charge in [0.15, 0.2) is 11.2 Å². The number of ether oxygens (including phenoxy) is 1. The van der Waals surface area contributed by atoms with Crippen molar-refractivity contribution in [2.45, 2.75) is 30.5 Å². The van der Waals surface area contributed by atoms with Gasteiger partial charge in [-0.3, -0.25) is 13.9 Å². The molecule has 0 saturated carbocycles. The van der Waals surface area contributed by atoms with Crippen LogP contribution in [0.1, 0.15) is 17.5 Å². The molecule has 0 aliphatic rings. The summed E-state index contributed by atoms with van der Waals surface area (Å²) in [4.78, 5) is 31.0. The van der Waals surface area contributed by atoms with Gasteiger partial charge < -0.3 is 14.4 Å². The van der Waals surface area contributed by atoms with Crippen molar-refractivity contribution in [3.63, 3.8) is 0 Å². The lowest BCUT2D eigenvalue weighted by Crippen LogP contribution is -2.39. The molecule has 0 radical (unpaired) electrons. The Labute approximate surface area is 215 Å². The van der Waals surface area contributed by atoms with Crippen LogP contribution in [0.3, 0.4) is 0 Å². The van der Waals surface area contributed by atoms with E-state index in [2.05, 4.69) is 9.50 Å². The predicted molar refractivity (Wildman–Crippen MR) is 143 cm³/mol. The molecule has 0 atom stereocenters. The number of alkyl halides is 3. The van der Waals surface area contributed by atoms with Crippen molar-refractivity contribution in [2.75, 3.05) is 6.61 Å². The fourth-order valence-electron chi connectivity index (χ4n) is 3.93. The van der Waals surface area contributed by atoms with E-state index in [-0.39, 0.29) is 54.4 Å². The van der Waals surface area contributed by atoms with Gasteiger partial charge in [-0.15, -0.1) is 0 Å². The fourth-order valence-corrected chi connectivity index (χ4v) is 4.32. The molecule has 2 heterocycles. The van der Waals surface area contributed by atoms with Crippen LogP contribution in [0.2, 0.25) is 0 Å². The Morgan fingerprint density at radius 2 is 1.81 bits per heavy atom. The van der Waals surface area contributed by atoms with Crippen LogP contribution >= 0.6 is 20.7 Å². The second kappa shape index (κ2) is 10.4. The molecule has 11 heteroatoms. The lowest BCUT2D eigenvalue weighted by atomic mass is 10.1. The second-order valence-corrected chi connectivity index (χ2v) is 10.3. The van der Waals surface area contributed by atoms with E-state index < -0.39 is 36.1 Å². The monoisotopic (exact) mass is 610 g/mol. The van der Waals surface area contributed by atoms with Crippen LogP contribution in [0, 0.1) is 6.92 Å². The lowest BCUT2D eigenvalue weighted by molar-refractivity contribution is -0.0689. The quantitative estimate of drug-likeness (QED) is 0.231. The standard InChI is InChI=1S/C25H25F2IN4O4/c1-16-9-11-17(12-10-16)15-32-20-22(30(3)24(35)31(23(20)34)13-6-14-33)29-21(32)18-7-4-5-8-19(18)36-25(26,27)28-2/h4-5,7-12,33H,2,6,13-15H2,1,3H3. The largest absolute Gasteiger partial charge is 0.445 e. The third-order valence-electron chi connectivity index (χ3n) is 5.74. The Balaban J connectivity index is 2.03. The van der Waals surface area contributed by atoms with Crippen molar-refractivity contribution < 1.29 is 18.6 Å². The van der Waals surface area contributed by atoms with Crippen molar-refractivity contribution in [3.05, 3.63) is 80.5 Å². The van der Waals surface area contributed by atoms with Gasteiger partial charge in [-0.1, -0.05) is 46.5 Å². The van der Waals surface area contributed by atoms with Crippen LogP contribution in [-0.4, -0.2) is 39.0 Å². The minimum Gasteiger partial charge on any atom is -0.424 e. The molecule has 190 valence electrons. The molecule has 0 bridgehead atoms. The molecule has 0 amide bonds. The molecule has 2 aromatic heterocycles. The minimum atomic E-state index is -3.40. The SMILES string of the molecule is C=IC(F)(F)Oc1ccccc1-c1nc2c(c(=O)n(CCCO)c(=O)n2C)n1Cc1ccc(C)cc1. The minimum absolute atomic E-state index is 0.0298. The number of nitrogens with zero attached hydrogens (tertiary/aromatic N) is 4. The summed E-state index contributed by atoms with van der Waals surface area (Å²) in [5.41, 5.74) is 1.29. The average Bonchev–Trinajstić information content (AvgIpc) is 3.23. The number of aryl methyl sites for hydroxylation is 2. The normalized spacial score (nSPS) is 11.8. The maximum atomic E-state index is 14.2. The Morgan fingerprint density at radius 1 is 1.11 bits per heavy atom. The third kappa shape index (κ3) is 5.03. The third-order valence-corrected chi connectivity index (χ3v) is 6.85. The zero-order chi connectivity index (χ0) is 26.0. The summed E-state index contributed by atoms with van der Waals surface area (Å²) in [7, 11) is 1.50. The number of para-hydroxylation sites is 1. The van der Waals surface area contributed by atoms with Gasteiger partial charge in [-0.2, -0.15) is 8.78 Å². The fraction of sp³-hybridized carbons (Fsp3) is 0.280. The molecule has 4 rings (SSSR count). The number of benzene rings is 2. The van der Waals surface area contributed by atoms with Crippen molar-refractivity contribution in [1.82, 2.24) is 18.7 Å². The lowest BCUT2D eigenvalue weighted by Gasteiger charge is -2.17.